The molecule has 2 aliphatic heterocycles. The fraction of sp³-hybridized carbons (Fsp3) is 0.478. The zero-order valence-corrected chi connectivity index (χ0v) is 18.1. The lowest BCUT2D eigenvalue weighted by molar-refractivity contribution is -0.139. The molecule has 2 fully saturated rings. The number of amides is 2. The molecule has 3 heterocycles. The first-order valence-electron chi connectivity index (χ1n) is 10.5. The maximum Gasteiger partial charge on any atom is 0.228 e. The summed E-state index contributed by atoms with van der Waals surface area (Å²) in [5.74, 6) is 0.551. The van der Waals surface area contributed by atoms with Gasteiger partial charge in [-0.25, -0.2) is 0 Å². The summed E-state index contributed by atoms with van der Waals surface area (Å²) in [6.07, 6.45) is 2.84. The predicted molar refractivity (Wildman–Crippen MR) is 117 cm³/mol. The molecule has 0 spiro atoms. The highest BCUT2D eigenvalue weighted by molar-refractivity contribution is 7.09. The number of carbonyl (C=O) groups excluding carboxylic acids is 2. The topological polar surface area (TPSA) is 59.1 Å². The Labute approximate surface area is 181 Å². The van der Waals surface area contributed by atoms with Crippen LogP contribution in [0.5, 0.6) is 5.75 Å². The molecule has 2 aromatic rings. The van der Waals surface area contributed by atoms with Gasteiger partial charge in [0.1, 0.15) is 5.75 Å². The van der Waals surface area contributed by atoms with E-state index in [-0.39, 0.29) is 30.2 Å². The van der Waals surface area contributed by atoms with Crippen molar-refractivity contribution >= 4 is 28.8 Å². The van der Waals surface area contributed by atoms with E-state index in [0.29, 0.717) is 26.3 Å². The molecule has 0 radical (unpaired) electrons. The van der Waals surface area contributed by atoms with Crippen molar-refractivity contribution in [2.75, 3.05) is 38.3 Å². The summed E-state index contributed by atoms with van der Waals surface area (Å²) >= 11 is 1.72. The number of hydrogen-bond donors (Lipinski definition) is 0. The highest BCUT2D eigenvalue weighted by Crippen LogP contribution is 2.29. The van der Waals surface area contributed by atoms with Crippen molar-refractivity contribution in [2.45, 2.75) is 31.7 Å². The lowest BCUT2D eigenvalue weighted by atomic mass is 10.0. The van der Waals surface area contributed by atoms with E-state index in [1.54, 1.807) is 23.3 Å². The number of benzene rings is 1. The third kappa shape index (κ3) is 4.68. The van der Waals surface area contributed by atoms with Gasteiger partial charge in [-0.2, -0.15) is 0 Å². The van der Waals surface area contributed by atoms with Gasteiger partial charge in [-0.3, -0.25) is 9.59 Å². The van der Waals surface area contributed by atoms with Gasteiger partial charge in [0.2, 0.25) is 11.8 Å². The van der Waals surface area contributed by atoms with Crippen LogP contribution in [-0.2, 0) is 20.7 Å². The Morgan fingerprint density at radius 2 is 2.00 bits per heavy atom. The van der Waals surface area contributed by atoms with Crippen molar-refractivity contribution in [3.05, 3.63) is 46.7 Å². The van der Waals surface area contributed by atoms with Gasteiger partial charge < -0.3 is 19.3 Å². The maximum absolute atomic E-state index is 13.5. The summed E-state index contributed by atoms with van der Waals surface area (Å²) in [7, 11) is 1.62. The Morgan fingerprint density at radius 3 is 2.67 bits per heavy atom. The van der Waals surface area contributed by atoms with Crippen molar-refractivity contribution < 1.29 is 19.1 Å². The van der Waals surface area contributed by atoms with Crippen molar-refractivity contribution in [3.8, 4) is 5.75 Å². The second-order valence-corrected chi connectivity index (χ2v) is 8.84. The van der Waals surface area contributed by atoms with Crippen LogP contribution in [0.15, 0.2) is 41.8 Å². The van der Waals surface area contributed by atoms with Gasteiger partial charge in [0.25, 0.3) is 0 Å². The molecule has 2 saturated heterocycles. The molecule has 1 unspecified atom stereocenters. The number of rotatable bonds is 7. The monoisotopic (exact) mass is 428 g/mol. The van der Waals surface area contributed by atoms with Crippen LogP contribution in [0.1, 0.15) is 24.1 Å². The average molecular weight is 429 g/mol. The van der Waals surface area contributed by atoms with E-state index in [0.717, 1.165) is 30.7 Å². The van der Waals surface area contributed by atoms with Crippen LogP contribution in [0, 0.1) is 5.92 Å². The standard InChI is InChI=1S/C23H28N2O4S/c1-28-20-6-4-18(5-7-20)25-16-17(15-22(25)26)23(27)24(19-9-12-29-13-10-19)11-8-21-3-2-14-30-21/h2-7,14,17,19H,8-13,15-16H2,1H3. The lowest BCUT2D eigenvalue weighted by Gasteiger charge is -2.36. The Hall–Kier alpha value is -2.38. The fourth-order valence-electron chi connectivity index (χ4n) is 4.27. The summed E-state index contributed by atoms with van der Waals surface area (Å²) in [4.78, 5) is 31.2. The van der Waals surface area contributed by atoms with Crippen LogP contribution >= 0.6 is 11.3 Å². The highest BCUT2D eigenvalue weighted by atomic mass is 32.1. The Morgan fingerprint density at radius 1 is 1.23 bits per heavy atom. The Kier molecular flexibility index (Phi) is 6.69. The minimum absolute atomic E-state index is 0.00343. The number of carbonyl (C=O) groups is 2. The molecule has 0 N–H and O–H groups in total. The zero-order valence-electron chi connectivity index (χ0n) is 17.3. The largest absolute Gasteiger partial charge is 0.497 e. The molecule has 2 amide bonds. The van der Waals surface area contributed by atoms with E-state index in [9.17, 15) is 9.59 Å². The van der Waals surface area contributed by atoms with Crippen LogP contribution in [-0.4, -0.2) is 56.2 Å². The zero-order chi connectivity index (χ0) is 20.9. The molecule has 0 saturated carbocycles. The second kappa shape index (κ2) is 9.62. The minimum atomic E-state index is -0.300. The normalized spacial score (nSPS) is 19.8. The molecule has 6 nitrogen and oxygen atoms in total. The average Bonchev–Trinajstić information content (AvgIpc) is 3.44. The van der Waals surface area contributed by atoms with E-state index in [1.165, 1.54) is 4.88 Å². The molecular weight excluding hydrogens is 400 g/mol. The fourth-order valence-corrected chi connectivity index (χ4v) is 4.97. The molecule has 2 aliphatic rings. The highest BCUT2D eigenvalue weighted by Gasteiger charge is 2.39. The van der Waals surface area contributed by atoms with Crippen molar-refractivity contribution in [2.24, 2.45) is 5.92 Å². The second-order valence-electron chi connectivity index (χ2n) is 7.81. The van der Waals surface area contributed by atoms with Crippen molar-refractivity contribution in [1.82, 2.24) is 4.90 Å². The van der Waals surface area contributed by atoms with E-state index >= 15 is 0 Å². The third-order valence-corrected chi connectivity index (χ3v) is 6.89. The van der Waals surface area contributed by atoms with Gasteiger partial charge >= 0.3 is 0 Å². The summed E-state index contributed by atoms with van der Waals surface area (Å²) in [5.41, 5.74) is 0.812. The molecule has 160 valence electrons. The maximum atomic E-state index is 13.5. The van der Waals surface area contributed by atoms with Crippen LogP contribution in [0.3, 0.4) is 0 Å². The SMILES string of the molecule is COc1ccc(N2CC(C(=O)N(CCc3cccs3)C3CCOCC3)CC2=O)cc1. The number of nitrogens with zero attached hydrogens (tertiary/aromatic N) is 2. The summed E-state index contributed by atoms with van der Waals surface area (Å²) in [6, 6.07) is 11.8. The van der Waals surface area contributed by atoms with Crippen molar-refractivity contribution in [1.29, 1.82) is 0 Å². The van der Waals surface area contributed by atoms with E-state index in [1.807, 2.05) is 35.2 Å². The number of hydrogen-bond acceptors (Lipinski definition) is 5. The van der Waals surface area contributed by atoms with Crippen LogP contribution in [0.4, 0.5) is 5.69 Å². The van der Waals surface area contributed by atoms with E-state index < -0.39 is 0 Å². The van der Waals surface area contributed by atoms with Crippen LogP contribution in [0.25, 0.3) is 0 Å². The first kappa shape index (κ1) is 20.9. The number of ether oxygens (including phenoxy) is 2. The van der Waals surface area contributed by atoms with Gasteiger partial charge in [0.15, 0.2) is 0 Å². The van der Waals surface area contributed by atoms with Gasteiger partial charge in [-0.05, 0) is 55.0 Å². The summed E-state index contributed by atoms with van der Waals surface area (Å²) in [6.45, 7) is 2.50. The summed E-state index contributed by atoms with van der Waals surface area (Å²) < 4.78 is 10.7. The summed E-state index contributed by atoms with van der Waals surface area (Å²) in [5, 5.41) is 2.07. The Balaban J connectivity index is 1.46. The molecular formula is C23H28N2O4S. The van der Waals surface area contributed by atoms with Gasteiger partial charge in [0.05, 0.1) is 13.0 Å². The number of thiophene rings is 1. The van der Waals surface area contributed by atoms with Gasteiger partial charge in [-0.15, -0.1) is 11.3 Å². The van der Waals surface area contributed by atoms with Crippen molar-refractivity contribution in [3.63, 3.8) is 0 Å². The molecule has 1 aromatic heterocycles. The predicted octanol–water partition coefficient (Wildman–Crippen LogP) is 3.36. The van der Waals surface area contributed by atoms with Gasteiger partial charge in [-0.1, -0.05) is 6.07 Å². The molecule has 1 atom stereocenters. The molecule has 1 aromatic carbocycles. The molecule has 0 bridgehead atoms. The first-order chi connectivity index (χ1) is 14.7. The lowest BCUT2D eigenvalue weighted by Crippen LogP contribution is -2.47. The minimum Gasteiger partial charge on any atom is -0.497 e. The molecule has 4 rings (SSSR count). The smallest absolute Gasteiger partial charge is 0.228 e. The molecule has 7 heteroatoms. The van der Waals surface area contributed by atoms with Crippen LogP contribution < -0.4 is 9.64 Å². The first-order valence-corrected chi connectivity index (χ1v) is 11.4. The molecule has 0 aliphatic carbocycles. The van der Waals surface area contributed by atoms with Crippen LogP contribution in [0.2, 0.25) is 0 Å². The quantitative estimate of drug-likeness (QED) is 0.679. The van der Waals surface area contributed by atoms with E-state index in [4.69, 9.17) is 9.47 Å². The third-order valence-electron chi connectivity index (χ3n) is 5.95. The molecule has 30 heavy (non-hydrogen) atoms. The Bertz CT molecular complexity index is 847. The van der Waals surface area contributed by atoms with E-state index in [2.05, 4.69) is 11.4 Å². The van der Waals surface area contributed by atoms with Gasteiger partial charge in [0, 0.05) is 49.3 Å². The number of anilines is 1. The number of methoxy groups -OCH3 is 1.